The van der Waals surface area contributed by atoms with Crippen molar-refractivity contribution >= 4 is 10.0 Å². The number of aromatic nitrogens is 3. The Bertz CT molecular complexity index is 645. The third-order valence-corrected chi connectivity index (χ3v) is 2.76. The number of aryl methyl sites for hydroxylation is 1. The summed E-state index contributed by atoms with van der Waals surface area (Å²) in [5.74, 6) is -0.362. The molecule has 0 atom stereocenters. The second-order valence-corrected chi connectivity index (χ2v) is 5.00. The molecule has 0 aliphatic heterocycles. The Morgan fingerprint density at radius 1 is 1.35 bits per heavy atom. The van der Waals surface area contributed by atoms with Crippen molar-refractivity contribution in [2.24, 2.45) is 5.14 Å². The Labute approximate surface area is 96.7 Å². The van der Waals surface area contributed by atoms with Crippen molar-refractivity contribution < 1.29 is 12.8 Å². The van der Waals surface area contributed by atoms with E-state index in [4.69, 9.17) is 5.14 Å². The maximum absolute atomic E-state index is 13.1. The Kier molecular flexibility index (Phi) is 2.68. The number of nitrogens with zero attached hydrogens (tertiary/aromatic N) is 2. The van der Waals surface area contributed by atoms with E-state index in [2.05, 4.69) is 15.2 Å². The van der Waals surface area contributed by atoms with Crippen LogP contribution in [0.4, 0.5) is 4.39 Å². The standard InChI is InChI=1S/C9H9FN4O2S/c1-5-2-6(4-7(10)3-5)8-12-9(14-13-8)17(11,15)16/h2-4H,1H3,(H2,11,15,16)(H,12,13,14). The number of hydrogen-bond acceptors (Lipinski definition) is 4. The van der Waals surface area contributed by atoms with E-state index in [1.165, 1.54) is 12.1 Å². The lowest BCUT2D eigenvalue weighted by Gasteiger charge is -1.98. The van der Waals surface area contributed by atoms with Gasteiger partial charge < -0.3 is 0 Å². The average Bonchev–Trinajstić information content (AvgIpc) is 2.63. The molecule has 90 valence electrons. The zero-order chi connectivity index (χ0) is 12.6. The number of rotatable bonds is 2. The van der Waals surface area contributed by atoms with Gasteiger partial charge in [-0.05, 0) is 30.7 Å². The maximum Gasteiger partial charge on any atom is 0.273 e. The molecular weight excluding hydrogens is 247 g/mol. The number of nitrogens with two attached hydrogens (primary N) is 1. The summed E-state index contributed by atoms with van der Waals surface area (Å²) >= 11 is 0. The summed E-state index contributed by atoms with van der Waals surface area (Å²) in [6, 6.07) is 4.19. The van der Waals surface area contributed by atoms with Crippen molar-refractivity contribution in [1.82, 2.24) is 15.2 Å². The molecule has 2 aromatic rings. The van der Waals surface area contributed by atoms with E-state index in [1.54, 1.807) is 13.0 Å². The van der Waals surface area contributed by atoms with Crippen molar-refractivity contribution in [2.45, 2.75) is 12.1 Å². The minimum absolute atomic E-state index is 0.0802. The van der Waals surface area contributed by atoms with Crippen LogP contribution < -0.4 is 5.14 Å². The van der Waals surface area contributed by atoms with E-state index in [0.29, 0.717) is 11.1 Å². The molecule has 3 N–H and O–H groups in total. The van der Waals surface area contributed by atoms with Gasteiger partial charge in [0.15, 0.2) is 5.82 Å². The van der Waals surface area contributed by atoms with Crippen molar-refractivity contribution in [3.63, 3.8) is 0 Å². The van der Waals surface area contributed by atoms with E-state index >= 15 is 0 Å². The highest BCUT2D eigenvalue weighted by Gasteiger charge is 2.15. The van der Waals surface area contributed by atoms with Gasteiger partial charge in [0.2, 0.25) is 0 Å². The zero-order valence-corrected chi connectivity index (χ0v) is 9.62. The van der Waals surface area contributed by atoms with Crippen LogP contribution in [-0.2, 0) is 10.0 Å². The van der Waals surface area contributed by atoms with Gasteiger partial charge in [-0.1, -0.05) is 0 Å². The lowest BCUT2D eigenvalue weighted by molar-refractivity contribution is 0.589. The van der Waals surface area contributed by atoms with Gasteiger partial charge in [0.05, 0.1) is 0 Å². The summed E-state index contributed by atoms with van der Waals surface area (Å²) in [7, 11) is -3.93. The fourth-order valence-electron chi connectivity index (χ4n) is 1.37. The van der Waals surface area contributed by atoms with E-state index in [0.717, 1.165) is 0 Å². The molecule has 1 aromatic carbocycles. The molecule has 1 aromatic heterocycles. The molecule has 0 bridgehead atoms. The van der Waals surface area contributed by atoms with Gasteiger partial charge in [-0.2, -0.15) is 10.1 Å². The topological polar surface area (TPSA) is 102 Å². The fourth-order valence-corrected chi connectivity index (χ4v) is 1.76. The summed E-state index contributed by atoms with van der Waals surface area (Å²) in [6.07, 6.45) is 0. The molecule has 17 heavy (non-hydrogen) atoms. The van der Waals surface area contributed by atoms with Crippen LogP contribution in [0.1, 0.15) is 5.56 Å². The molecule has 2 rings (SSSR count). The molecule has 1 heterocycles. The lowest BCUT2D eigenvalue weighted by Crippen LogP contribution is -2.13. The summed E-state index contributed by atoms with van der Waals surface area (Å²) < 4.78 is 35.1. The second kappa shape index (κ2) is 3.90. The monoisotopic (exact) mass is 256 g/mol. The largest absolute Gasteiger partial charge is 0.273 e. The number of benzene rings is 1. The number of aromatic amines is 1. The van der Waals surface area contributed by atoms with Gasteiger partial charge in [-0.3, -0.25) is 0 Å². The Morgan fingerprint density at radius 3 is 2.59 bits per heavy atom. The van der Waals surface area contributed by atoms with E-state index in [1.807, 2.05) is 0 Å². The third kappa shape index (κ3) is 2.48. The number of nitrogens with one attached hydrogen (secondary N) is 1. The molecule has 0 radical (unpaired) electrons. The fraction of sp³-hybridized carbons (Fsp3) is 0.111. The van der Waals surface area contributed by atoms with Gasteiger partial charge >= 0.3 is 0 Å². The summed E-state index contributed by atoms with van der Waals surface area (Å²) in [6.45, 7) is 1.71. The van der Waals surface area contributed by atoms with Crippen molar-refractivity contribution in [3.05, 3.63) is 29.6 Å². The van der Waals surface area contributed by atoms with Crippen LogP contribution in [0.3, 0.4) is 0 Å². The minimum Gasteiger partial charge on any atom is -0.248 e. The van der Waals surface area contributed by atoms with Crippen LogP contribution in [-0.4, -0.2) is 23.6 Å². The third-order valence-electron chi connectivity index (χ3n) is 2.03. The van der Waals surface area contributed by atoms with Crippen molar-refractivity contribution in [1.29, 1.82) is 0 Å². The quantitative estimate of drug-likeness (QED) is 0.819. The van der Waals surface area contributed by atoms with E-state index < -0.39 is 21.0 Å². The first-order valence-electron chi connectivity index (χ1n) is 4.59. The number of H-pyrrole nitrogens is 1. The molecule has 0 saturated carbocycles. The Hall–Kier alpha value is -1.80. The SMILES string of the molecule is Cc1cc(F)cc(-c2n[nH]c(S(N)(=O)=O)n2)c1. The van der Waals surface area contributed by atoms with Gasteiger partial charge in [0.25, 0.3) is 15.2 Å². The van der Waals surface area contributed by atoms with Crippen LogP contribution in [0.15, 0.2) is 23.4 Å². The maximum atomic E-state index is 13.1. The molecule has 0 amide bonds. The number of hydrogen-bond donors (Lipinski definition) is 2. The predicted molar refractivity (Wildman–Crippen MR) is 57.9 cm³/mol. The van der Waals surface area contributed by atoms with Crippen LogP contribution in [0, 0.1) is 12.7 Å². The smallest absolute Gasteiger partial charge is 0.248 e. The molecule has 0 fully saturated rings. The van der Waals surface area contributed by atoms with Crippen molar-refractivity contribution in [2.75, 3.05) is 0 Å². The number of primary sulfonamides is 1. The highest BCUT2D eigenvalue weighted by Crippen LogP contribution is 2.18. The Balaban J connectivity index is 2.51. The minimum atomic E-state index is -3.93. The first-order valence-corrected chi connectivity index (χ1v) is 6.13. The van der Waals surface area contributed by atoms with Gasteiger partial charge in [0.1, 0.15) is 5.82 Å². The molecular formula is C9H9FN4O2S. The second-order valence-electron chi connectivity index (χ2n) is 3.53. The van der Waals surface area contributed by atoms with Crippen LogP contribution in [0.5, 0.6) is 0 Å². The van der Waals surface area contributed by atoms with Gasteiger partial charge in [0, 0.05) is 5.56 Å². The number of sulfonamides is 1. The predicted octanol–water partition coefficient (Wildman–Crippen LogP) is 0.567. The molecule has 6 nitrogen and oxygen atoms in total. The van der Waals surface area contributed by atoms with Crippen molar-refractivity contribution in [3.8, 4) is 11.4 Å². The van der Waals surface area contributed by atoms with Crippen LogP contribution in [0.2, 0.25) is 0 Å². The average molecular weight is 256 g/mol. The molecule has 0 aliphatic rings. The summed E-state index contributed by atoms with van der Waals surface area (Å²) in [5.41, 5.74) is 1.07. The van der Waals surface area contributed by atoms with Gasteiger partial charge in [-0.25, -0.2) is 23.0 Å². The van der Waals surface area contributed by atoms with E-state index in [-0.39, 0.29) is 5.82 Å². The number of halogens is 1. The summed E-state index contributed by atoms with van der Waals surface area (Å²) in [4.78, 5) is 3.69. The Morgan fingerprint density at radius 2 is 2.06 bits per heavy atom. The first kappa shape index (κ1) is 11.7. The molecule has 8 heteroatoms. The molecule has 0 aliphatic carbocycles. The highest BCUT2D eigenvalue weighted by molar-refractivity contribution is 7.89. The molecule has 0 unspecified atom stereocenters. The van der Waals surface area contributed by atoms with E-state index in [9.17, 15) is 12.8 Å². The lowest BCUT2D eigenvalue weighted by atomic mass is 10.1. The van der Waals surface area contributed by atoms with Crippen LogP contribution >= 0.6 is 0 Å². The summed E-state index contributed by atoms with van der Waals surface area (Å²) in [5, 5.41) is 10.3. The molecule has 0 saturated heterocycles. The zero-order valence-electron chi connectivity index (χ0n) is 8.81. The van der Waals surface area contributed by atoms with Gasteiger partial charge in [-0.15, -0.1) is 0 Å². The molecule has 0 spiro atoms. The first-order chi connectivity index (χ1) is 7.86. The van der Waals surface area contributed by atoms with Crippen LogP contribution in [0.25, 0.3) is 11.4 Å². The highest BCUT2D eigenvalue weighted by atomic mass is 32.2. The normalized spacial score (nSPS) is 11.7.